The molecule has 1 aliphatic rings. The molecule has 36 heavy (non-hydrogen) atoms. The molecule has 7 nitrogen and oxygen atoms in total. The monoisotopic (exact) mass is 510 g/mol. The number of fused-ring (bicyclic) bond motifs is 1. The lowest BCUT2D eigenvalue weighted by molar-refractivity contribution is 0.0982. The van der Waals surface area contributed by atoms with Crippen LogP contribution in [0.15, 0.2) is 42.7 Å². The Morgan fingerprint density at radius 3 is 2.64 bits per heavy atom. The number of pyridine rings is 2. The molecular weight excluding hydrogens is 472 g/mol. The largest absolute Gasteiger partial charge is 0.383 e. The minimum absolute atomic E-state index is 0. The molecule has 2 aromatic heterocycles. The summed E-state index contributed by atoms with van der Waals surface area (Å²) >= 11 is 6.43. The van der Waals surface area contributed by atoms with Crippen molar-refractivity contribution < 1.29 is 4.79 Å². The van der Waals surface area contributed by atoms with E-state index < -0.39 is 0 Å². The molecule has 8 heteroatoms. The number of rotatable bonds is 10. The summed E-state index contributed by atoms with van der Waals surface area (Å²) in [5.74, 6) is 1.18. The van der Waals surface area contributed by atoms with Gasteiger partial charge in [-0.1, -0.05) is 37.2 Å². The average Bonchev–Trinajstić information content (AvgIpc) is 2.86. The fourth-order valence-electron chi connectivity index (χ4n) is 4.54. The average molecular weight is 511 g/mol. The Morgan fingerprint density at radius 2 is 1.92 bits per heavy atom. The Bertz CT molecular complexity index is 1160. The summed E-state index contributed by atoms with van der Waals surface area (Å²) in [5.41, 5.74) is 7.55. The van der Waals surface area contributed by atoms with Gasteiger partial charge in [0.05, 0.1) is 5.02 Å². The van der Waals surface area contributed by atoms with Crippen LogP contribution in [0, 0.1) is 0 Å². The minimum atomic E-state index is 0. The fourth-order valence-corrected chi connectivity index (χ4v) is 4.77. The Labute approximate surface area is 220 Å². The van der Waals surface area contributed by atoms with Gasteiger partial charge in [-0.2, -0.15) is 0 Å². The summed E-state index contributed by atoms with van der Waals surface area (Å²) in [4.78, 5) is 26.3. The number of Topliss-reactive ketones (excluding diaryl/α,β-unsaturated/α-hetero) is 1. The van der Waals surface area contributed by atoms with Crippen molar-refractivity contribution in [2.75, 3.05) is 50.3 Å². The second kappa shape index (κ2) is 13.0. The Morgan fingerprint density at radius 1 is 1.14 bits per heavy atom. The Hall–Kier alpha value is -2.74. The van der Waals surface area contributed by atoms with Crippen molar-refractivity contribution in [2.45, 2.75) is 46.6 Å². The van der Waals surface area contributed by atoms with Gasteiger partial charge in [-0.05, 0) is 56.3 Å². The quantitative estimate of drug-likeness (QED) is 0.288. The summed E-state index contributed by atoms with van der Waals surface area (Å²) in [5, 5.41) is 5.75. The standard InChI is InChI=1S/C27H35ClN6O.CH4/c1-19(2)34-14-12-33(13-15-34)11-3-9-31-27-24(28)17-22(18-32-27)25(35)7-5-20-4-6-23-21(16-20)8-10-30-26(23)29;/h4,6,8,10,16-19H,3,5,7,9,11-15H2,1-2H3,(H2,29,30)(H,31,32);1H4. The van der Waals surface area contributed by atoms with Gasteiger partial charge in [0, 0.05) is 68.5 Å². The molecule has 4 rings (SSSR count). The van der Waals surface area contributed by atoms with E-state index in [9.17, 15) is 4.79 Å². The summed E-state index contributed by atoms with van der Waals surface area (Å²) in [6, 6.07) is 10.3. The third-order valence-corrected chi connectivity index (χ3v) is 7.03. The molecule has 1 fully saturated rings. The summed E-state index contributed by atoms with van der Waals surface area (Å²) < 4.78 is 0. The molecule has 0 atom stereocenters. The maximum Gasteiger partial charge on any atom is 0.164 e. The number of anilines is 2. The smallest absolute Gasteiger partial charge is 0.164 e. The number of piperazine rings is 1. The molecule has 3 aromatic rings. The van der Waals surface area contributed by atoms with Gasteiger partial charge in [-0.15, -0.1) is 0 Å². The van der Waals surface area contributed by atoms with E-state index in [0.717, 1.165) is 62.0 Å². The topological polar surface area (TPSA) is 87.4 Å². The number of nitrogens with one attached hydrogen (secondary N) is 1. The van der Waals surface area contributed by atoms with E-state index in [2.05, 4.69) is 45.0 Å². The Balaban J connectivity index is 0.00000361. The first-order valence-corrected chi connectivity index (χ1v) is 12.8. The van der Waals surface area contributed by atoms with Crippen LogP contribution in [0.3, 0.4) is 0 Å². The number of carbonyl (C=O) groups excluding carboxylic acids is 1. The number of hydrogen-bond acceptors (Lipinski definition) is 7. The van der Waals surface area contributed by atoms with Crippen molar-refractivity contribution in [2.24, 2.45) is 0 Å². The summed E-state index contributed by atoms with van der Waals surface area (Å²) in [7, 11) is 0. The van der Waals surface area contributed by atoms with Crippen molar-refractivity contribution in [3.05, 3.63) is 58.9 Å². The van der Waals surface area contributed by atoms with Gasteiger partial charge in [-0.25, -0.2) is 9.97 Å². The lowest BCUT2D eigenvalue weighted by Crippen LogP contribution is -2.49. The van der Waals surface area contributed by atoms with Crippen LogP contribution in [0.5, 0.6) is 0 Å². The van der Waals surface area contributed by atoms with Crippen LogP contribution in [0.2, 0.25) is 5.02 Å². The molecule has 0 aliphatic carbocycles. The first kappa shape index (κ1) is 27.8. The first-order valence-electron chi connectivity index (χ1n) is 12.4. The number of benzene rings is 1. The number of nitrogens with two attached hydrogens (primary N) is 1. The SMILES string of the molecule is C.CC(C)N1CCN(CCCNc2ncc(C(=O)CCc3ccc4c(N)nccc4c3)cc2Cl)CC1. The zero-order chi connectivity index (χ0) is 24.8. The van der Waals surface area contributed by atoms with Gasteiger partial charge in [0.15, 0.2) is 5.78 Å². The minimum Gasteiger partial charge on any atom is -0.383 e. The maximum absolute atomic E-state index is 12.7. The molecular formula is C28H39ClN6O. The van der Waals surface area contributed by atoms with Crippen LogP contribution in [-0.2, 0) is 6.42 Å². The number of carbonyl (C=O) groups is 1. The Kier molecular flexibility index (Phi) is 10.0. The van der Waals surface area contributed by atoms with Gasteiger partial charge in [0.1, 0.15) is 11.6 Å². The number of hydrogen-bond donors (Lipinski definition) is 2. The van der Waals surface area contributed by atoms with Gasteiger partial charge >= 0.3 is 0 Å². The number of nitrogens with zero attached hydrogens (tertiary/aromatic N) is 4. The van der Waals surface area contributed by atoms with Crippen LogP contribution >= 0.6 is 11.6 Å². The van der Waals surface area contributed by atoms with Crippen molar-refractivity contribution in [1.29, 1.82) is 0 Å². The second-order valence-corrected chi connectivity index (χ2v) is 9.89. The number of ketones is 1. The van der Waals surface area contributed by atoms with E-state index in [1.807, 2.05) is 18.2 Å². The van der Waals surface area contributed by atoms with Crippen molar-refractivity contribution in [1.82, 2.24) is 19.8 Å². The lowest BCUT2D eigenvalue weighted by atomic mass is 10.0. The van der Waals surface area contributed by atoms with Crippen molar-refractivity contribution in [3.63, 3.8) is 0 Å². The molecule has 1 aliphatic heterocycles. The molecule has 194 valence electrons. The molecule has 1 aromatic carbocycles. The van der Waals surface area contributed by atoms with Crippen LogP contribution in [-0.4, -0.2) is 70.9 Å². The zero-order valence-electron chi connectivity index (χ0n) is 20.6. The molecule has 1 saturated heterocycles. The highest BCUT2D eigenvalue weighted by Crippen LogP contribution is 2.23. The van der Waals surface area contributed by atoms with Crippen molar-refractivity contribution >= 4 is 39.8 Å². The third kappa shape index (κ3) is 7.15. The molecule has 0 spiro atoms. The summed E-state index contributed by atoms with van der Waals surface area (Å²) in [6.07, 6.45) is 5.37. The highest BCUT2D eigenvalue weighted by molar-refractivity contribution is 6.33. The van der Waals surface area contributed by atoms with Crippen LogP contribution < -0.4 is 11.1 Å². The van der Waals surface area contributed by atoms with E-state index >= 15 is 0 Å². The summed E-state index contributed by atoms with van der Waals surface area (Å²) in [6.45, 7) is 10.9. The number of halogens is 1. The highest BCUT2D eigenvalue weighted by Gasteiger charge is 2.18. The predicted molar refractivity (Wildman–Crippen MR) is 151 cm³/mol. The normalized spacial score (nSPS) is 14.7. The molecule has 3 N–H and O–H groups in total. The fraction of sp³-hybridized carbons (Fsp3) is 0.464. The highest BCUT2D eigenvalue weighted by atomic mass is 35.5. The molecule has 0 bridgehead atoms. The third-order valence-electron chi connectivity index (χ3n) is 6.74. The predicted octanol–water partition coefficient (Wildman–Crippen LogP) is 5.15. The molecule has 0 radical (unpaired) electrons. The van der Waals surface area contributed by atoms with Crippen LogP contribution in [0.25, 0.3) is 10.8 Å². The van der Waals surface area contributed by atoms with Gasteiger partial charge in [-0.3, -0.25) is 9.69 Å². The van der Waals surface area contributed by atoms with Crippen molar-refractivity contribution in [3.8, 4) is 0 Å². The second-order valence-electron chi connectivity index (χ2n) is 9.48. The number of nitrogen functional groups attached to an aromatic ring is 1. The molecule has 3 heterocycles. The van der Waals surface area contributed by atoms with Crippen LogP contribution in [0.1, 0.15) is 50.0 Å². The molecule has 0 saturated carbocycles. The maximum atomic E-state index is 12.7. The van der Waals surface area contributed by atoms with E-state index in [4.69, 9.17) is 17.3 Å². The number of aromatic nitrogens is 2. The molecule has 0 amide bonds. The van der Waals surface area contributed by atoms with E-state index in [0.29, 0.717) is 41.1 Å². The van der Waals surface area contributed by atoms with Gasteiger partial charge in [0.2, 0.25) is 0 Å². The van der Waals surface area contributed by atoms with Crippen LogP contribution in [0.4, 0.5) is 11.6 Å². The van der Waals surface area contributed by atoms with Gasteiger partial charge in [0.25, 0.3) is 0 Å². The number of aryl methyl sites for hydroxylation is 1. The van der Waals surface area contributed by atoms with E-state index in [1.165, 1.54) is 0 Å². The molecule has 0 unspecified atom stereocenters. The zero-order valence-corrected chi connectivity index (χ0v) is 21.4. The first-order chi connectivity index (χ1) is 16.9. The van der Waals surface area contributed by atoms with E-state index in [1.54, 1.807) is 18.5 Å². The van der Waals surface area contributed by atoms with E-state index in [-0.39, 0.29) is 13.2 Å². The van der Waals surface area contributed by atoms with Gasteiger partial charge < -0.3 is 16.0 Å². The lowest BCUT2D eigenvalue weighted by Gasteiger charge is -2.36.